The van der Waals surface area contributed by atoms with Gasteiger partial charge in [0.05, 0.1) is 10.6 Å². The molecule has 1 aromatic carbocycles. The first-order chi connectivity index (χ1) is 13.3. The molecule has 2 heterocycles. The zero-order chi connectivity index (χ0) is 21.6. The van der Waals surface area contributed by atoms with E-state index < -0.39 is 28.2 Å². The first kappa shape index (κ1) is 20.2. The lowest BCUT2D eigenvalue weighted by molar-refractivity contribution is -0.384. The second-order valence-electron chi connectivity index (χ2n) is 7.33. The third-order valence-corrected chi connectivity index (χ3v) is 3.81. The fourth-order valence-corrected chi connectivity index (χ4v) is 2.59. The summed E-state index contributed by atoms with van der Waals surface area (Å²) in [6, 6.07) is 6.90. The van der Waals surface area contributed by atoms with Crippen molar-refractivity contribution in [2.75, 3.05) is 0 Å². The second-order valence-corrected chi connectivity index (χ2v) is 7.33. The van der Waals surface area contributed by atoms with Crippen molar-refractivity contribution in [3.05, 3.63) is 57.9 Å². The molecule has 0 saturated carbocycles. The Morgan fingerprint density at radius 2 is 1.76 bits per heavy atom. The van der Waals surface area contributed by atoms with Crippen molar-refractivity contribution in [1.82, 2.24) is 19.9 Å². The lowest BCUT2D eigenvalue weighted by Crippen LogP contribution is -2.40. The molecule has 0 aliphatic rings. The Morgan fingerprint density at radius 3 is 2.28 bits per heavy atom. The molecule has 3 rings (SSSR count). The largest absolute Gasteiger partial charge is 0.433 e. The number of nitro benzene ring substituents is 1. The number of alkyl halides is 3. The van der Waals surface area contributed by atoms with Crippen LogP contribution in [0.4, 0.5) is 18.9 Å². The Labute approximate surface area is 162 Å². The number of carbonyl (C=O) groups excluding carboxylic acids is 1. The fourth-order valence-electron chi connectivity index (χ4n) is 2.59. The minimum atomic E-state index is -4.76. The van der Waals surface area contributed by atoms with Crippen molar-refractivity contribution in [2.24, 2.45) is 0 Å². The van der Waals surface area contributed by atoms with Crippen LogP contribution in [-0.4, -0.2) is 31.0 Å². The van der Waals surface area contributed by atoms with Crippen molar-refractivity contribution in [3.8, 4) is 11.3 Å². The molecule has 0 spiro atoms. The van der Waals surface area contributed by atoms with Crippen molar-refractivity contribution >= 4 is 17.2 Å². The molecule has 1 amide bonds. The van der Waals surface area contributed by atoms with E-state index in [1.807, 2.05) is 0 Å². The number of rotatable bonds is 3. The molecular weight excluding hydrogens is 391 g/mol. The van der Waals surface area contributed by atoms with Crippen LogP contribution in [0.25, 0.3) is 16.9 Å². The lowest BCUT2D eigenvalue weighted by Gasteiger charge is -2.19. The standard InChI is InChI=1S/C18H16F3N5O3/c1-17(2,3)23-16(27)13-9-15-22-12(8-14(18(19,20)21)25(15)24-13)10-4-6-11(7-5-10)26(28)29/h4-9H,1-3H3,(H,23,27). The van der Waals surface area contributed by atoms with Crippen molar-refractivity contribution < 1.29 is 22.9 Å². The molecule has 0 radical (unpaired) electrons. The maximum Gasteiger partial charge on any atom is 0.433 e. The SMILES string of the molecule is CC(C)(C)NC(=O)c1cc2nc(-c3ccc([N+](=O)[O-])cc3)cc(C(F)(F)F)n2n1. The first-order valence-electron chi connectivity index (χ1n) is 8.40. The Balaban J connectivity index is 2.13. The van der Waals surface area contributed by atoms with Gasteiger partial charge in [0.2, 0.25) is 0 Å². The fraction of sp³-hybridized carbons (Fsp3) is 0.278. The van der Waals surface area contributed by atoms with Crippen LogP contribution in [0.1, 0.15) is 37.0 Å². The van der Waals surface area contributed by atoms with E-state index in [4.69, 9.17) is 0 Å². The third kappa shape index (κ3) is 4.33. The zero-order valence-electron chi connectivity index (χ0n) is 15.6. The topological polar surface area (TPSA) is 102 Å². The van der Waals surface area contributed by atoms with Gasteiger partial charge in [-0.3, -0.25) is 14.9 Å². The molecule has 11 heteroatoms. The highest BCUT2D eigenvalue weighted by molar-refractivity contribution is 5.93. The molecule has 1 N–H and O–H groups in total. The molecule has 0 aliphatic heterocycles. The Morgan fingerprint density at radius 1 is 1.14 bits per heavy atom. The van der Waals surface area contributed by atoms with E-state index in [0.29, 0.717) is 4.52 Å². The van der Waals surface area contributed by atoms with E-state index in [9.17, 15) is 28.1 Å². The average Bonchev–Trinajstić information content (AvgIpc) is 3.02. The monoisotopic (exact) mass is 407 g/mol. The molecule has 0 atom stereocenters. The number of benzene rings is 1. The summed E-state index contributed by atoms with van der Waals surface area (Å²) in [5.41, 5.74) is -2.10. The number of aromatic nitrogens is 3. The lowest BCUT2D eigenvalue weighted by atomic mass is 10.1. The minimum absolute atomic E-state index is 0.0533. The molecule has 0 aliphatic carbocycles. The number of carbonyl (C=O) groups is 1. The van der Waals surface area contributed by atoms with Gasteiger partial charge in [0.15, 0.2) is 17.0 Å². The first-order valence-corrected chi connectivity index (χ1v) is 8.40. The second kappa shape index (κ2) is 6.83. The number of nitro groups is 1. The summed E-state index contributed by atoms with van der Waals surface area (Å²) in [6.45, 7) is 5.19. The Hall–Kier alpha value is -3.50. The molecule has 0 saturated heterocycles. The van der Waals surface area contributed by atoms with Gasteiger partial charge in [-0.15, -0.1) is 0 Å². The van der Waals surface area contributed by atoms with Crippen LogP contribution in [0.5, 0.6) is 0 Å². The van der Waals surface area contributed by atoms with Crippen LogP contribution in [0.3, 0.4) is 0 Å². The Kier molecular flexibility index (Phi) is 4.77. The van der Waals surface area contributed by atoms with E-state index in [-0.39, 0.29) is 28.3 Å². The normalized spacial score (nSPS) is 12.2. The van der Waals surface area contributed by atoms with Crippen LogP contribution in [0.2, 0.25) is 0 Å². The predicted octanol–water partition coefficient (Wildman–Crippen LogP) is 3.85. The van der Waals surface area contributed by atoms with Crippen LogP contribution in [0.15, 0.2) is 36.4 Å². The molecule has 29 heavy (non-hydrogen) atoms. The summed E-state index contributed by atoms with van der Waals surface area (Å²) in [5.74, 6) is -0.631. The predicted molar refractivity (Wildman–Crippen MR) is 97.3 cm³/mol. The van der Waals surface area contributed by atoms with E-state index >= 15 is 0 Å². The summed E-state index contributed by atoms with van der Waals surface area (Å²) < 4.78 is 41.3. The molecule has 2 aromatic heterocycles. The number of nitrogens with zero attached hydrogens (tertiary/aromatic N) is 4. The van der Waals surface area contributed by atoms with Gasteiger partial charge < -0.3 is 5.32 Å². The van der Waals surface area contributed by atoms with Gasteiger partial charge in [0.1, 0.15) is 0 Å². The van der Waals surface area contributed by atoms with Crippen LogP contribution >= 0.6 is 0 Å². The quantitative estimate of drug-likeness (QED) is 0.525. The highest BCUT2D eigenvalue weighted by Crippen LogP contribution is 2.32. The van der Waals surface area contributed by atoms with Crippen LogP contribution in [-0.2, 0) is 6.18 Å². The maximum absolute atomic E-state index is 13.6. The number of hydrogen-bond donors (Lipinski definition) is 1. The number of fused-ring (bicyclic) bond motifs is 1. The third-order valence-electron chi connectivity index (χ3n) is 3.81. The summed E-state index contributed by atoms with van der Waals surface area (Å²) in [5, 5.41) is 17.2. The molecular formula is C18H16F3N5O3. The van der Waals surface area contributed by atoms with Gasteiger partial charge >= 0.3 is 6.18 Å². The Bertz CT molecular complexity index is 1100. The van der Waals surface area contributed by atoms with Crippen molar-refractivity contribution in [1.29, 1.82) is 0 Å². The number of halogens is 3. The van der Waals surface area contributed by atoms with Gasteiger partial charge in [-0.2, -0.15) is 18.3 Å². The summed E-state index contributed by atoms with van der Waals surface area (Å²) in [6.07, 6.45) is -4.76. The maximum atomic E-state index is 13.6. The van der Waals surface area contributed by atoms with E-state index in [0.717, 1.165) is 12.1 Å². The molecule has 3 aromatic rings. The number of non-ortho nitro benzene ring substituents is 1. The highest BCUT2D eigenvalue weighted by atomic mass is 19.4. The smallest absolute Gasteiger partial charge is 0.346 e. The van der Waals surface area contributed by atoms with Gasteiger partial charge in [-0.1, -0.05) is 0 Å². The summed E-state index contributed by atoms with van der Waals surface area (Å²) in [7, 11) is 0. The molecule has 0 fully saturated rings. The molecule has 8 nitrogen and oxygen atoms in total. The number of amides is 1. The van der Waals surface area contributed by atoms with E-state index in [1.54, 1.807) is 20.8 Å². The van der Waals surface area contributed by atoms with E-state index in [1.165, 1.54) is 24.3 Å². The summed E-state index contributed by atoms with van der Waals surface area (Å²) >= 11 is 0. The molecule has 152 valence electrons. The minimum Gasteiger partial charge on any atom is -0.346 e. The summed E-state index contributed by atoms with van der Waals surface area (Å²) in [4.78, 5) is 26.6. The highest BCUT2D eigenvalue weighted by Gasteiger charge is 2.36. The van der Waals surface area contributed by atoms with Gasteiger partial charge in [-0.05, 0) is 39.0 Å². The average molecular weight is 407 g/mol. The van der Waals surface area contributed by atoms with Crippen LogP contribution < -0.4 is 5.32 Å². The van der Waals surface area contributed by atoms with Gasteiger partial charge in [-0.25, -0.2) is 9.50 Å². The van der Waals surface area contributed by atoms with Crippen molar-refractivity contribution in [2.45, 2.75) is 32.5 Å². The van der Waals surface area contributed by atoms with Gasteiger partial charge in [0, 0.05) is 29.3 Å². The van der Waals surface area contributed by atoms with Gasteiger partial charge in [0.25, 0.3) is 11.6 Å². The number of hydrogen-bond acceptors (Lipinski definition) is 5. The van der Waals surface area contributed by atoms with Crippen LogP contribution in [0, 0.1) is 10.1 Å². The number of nitrogens with one attached hydrogen (secondary N) is 1. The zero-order valence-corrected chi connectivity index (χ0v) is 15.6. The van der Waals surface area contributed by atoms with Crippen molar-refractivity contribution in [3.63, 3.8) is 0 Å². The van der Waals surface area contributed by atoms with E-state index in [2.05, 4.69) is 15.4 Å². The molecule has 0 unspecified atom stereocenters. The molecule has 0 bridgehead atoms.